The van der Waals surface area contributed by atoms with Crippen molar-refractivity contribution in [3.05, 3.63) is 54.0 Å². The number of aryl methyl sites for hydroxylation is 1. The van der Waals surface area contributed by atoms with Crippen molar-refractivity contribution in [2.45, 2.75) is 12.8 Å². The van der Waals surface area contributed by atoms with E-state index in [4.69, 9.17) is 0 Å². The predicted molar refractivity (Wildman–Crippen MR) is 96.2 cm³/mol. The summed E-state index contributed by atoms with van der Waals surface area (Å²) in [6, 6.07) is 10.2. The summed E-state index contributed by atoms with van der Waals surface area (Å²) in [5, 5.41) is 6.04. The van der Waals surface area contributed by atoms with Crippen LogP contribution in [-0.4, -0.2) is 54.5 Å². The third-order valence-corrected chi connectivity index (χ3v) is 3.52. The number of aromatic nitrogens is 2. The number of hydrogen-bond donors (Lipinski definition) is 2. The van der Waals surface area contributed by atoms with Gasteiger partial charge >= 0.3 is 0 Å². The summed E-state index contributed by atoms with van der Waals surface area (Å²) in [7, 11) is 4.02. The van der Waals surface area contributed by atoms with Crippen LogP contribution in [0.4, 0.5) is 5.82 Å². The molecule has 2 rings (SSSR count). The Bertz CT molecular complexity index is 613. The second kappa shape index (κ2) is 9.62. The van der Waals surface area contributed by atoms with Crippen LogP contribution in [0.25, 0.3) is 0 Å². The molecule has 0 unspecified atom stereocenters. The molecule has 2 aromatic rings. The number of carbonyl (C=O) groups excluding carboxylic acids is 1. The third kappa shape index (κ3) is 6.34. The summed E-state index contributed by atoms with van der Waals surface area (Å²) in [6.07, 6.45) is 4.94. The Morgan fingerprint density at radius 3 is 2.54 bits per heavy atom. The summed E-state index contributed by atoms with van der Waals surface area (Å²) in [6.45, 7) is 2.32. The van der Waals surface area contributed by atoms with Gasteiger partial charge in [0, 0.05) is 19.6 Å². The van der Waals surface area contributed by atoms with E-state index in [1.165, 1.54) is 11.8 Å². The highest BCUT2D eigenvalue weighted by Gasteiger charge is 2.07. The maximum absolute atomic E-state index is 12.0. The van der Waals surface area contributed by atoms with Crippen molar-refractivity contribution in [3.63, 3.8) is 0 Å². The standard InChI is InChI=1S/C18H25N5O/c1-23(2)12-11-19-17-14-21-16(13-22-17)18(24)20-10-6-9-15-7-4-3-5-8-15/h3-5,7-8,13-14H,6,9-12H2,1-2H3,(H,19,22)(H,20,24). The topological polar surface area (TPSA) is 70.2 Å². The first-order valence-corrected chi connectivity index (χ1v) is 8.18. The molecule has 0 atom stereocenters. The van der Waals surface area contributed by atoms with Gasteiger partial charge < -0.3 is 15.5 Å². The first-order chi connectivity index (χ1) is 11.6. The van der Waals surface area contributed by atoms with Gasteiger partial charge in [-0.25, -0.2) is 9.97 Å². The number of nitrogens with one attached hydrogen (secondary N) is 2. The highest BCUT2D eigenvalue weighted by atomic mass is 16.1. The van der Waals surface area contributed by atoms with Crippen molar-refractivity contribution in [2.24, 2.45) is 0 Å². The minimum atomic E-state index is -0.185. The Morgan fingerprint density at radius 2 is 1.88 bits per heavy atom. The minimum absolute atomic E-state index is 0.185. The average Bonchev–Trinajstić information content (AvgIpc) is 2.60. The van der Waals surface area contributed by atoms with E-state index < -0.39 is 0 Å². The summed E-state index contributed by atoms with van der Waals surface area (Å²) in [4.78, 5) is 22.5. The molecule has 0 bridgehead atoms. The third-order valence-electron chi connectivity index (χ3n) is 3.52. The first-order valence-electron chi connectivity index (χ1n) is 8.18. The van der Waals surface area contributed by atoms with Crippen molar-refractivity contribution >= 4 is 11.7 Å². The monoisotopic (exact) mass is 327 g/mol. The van der Waals surface area contributed by atoms with Crippen molar-refractivity contribution in [1.82, 2.24) is 20.2 Å². The molecule has 0 spiro atoms. The Hall–Kier alpha value is -2.47. The molecule has 1 heterocycles. The van der Waals surface area contributed by atoms with Crippen LogP contribution in [0.1, 0.15) is 22.5 Å². The maximum atomic E-state index is 12.0. The Labute approximate surface area is 143 Å². The largest absolute Gasteiger partial charge is 0.368 e. The van der Waals surface area contributed by atoms with E-state index in [0.717, 1.165) is 25.9 Å². The lowest BCUT2D eigenvalue weighted by Crippen LogP contribution is -2.26. The molecule has 0 saturated heterocycles. The van der Waals surface area contributed by atoms with Gasteiger partial charge in [0.05, 0.1) is 12.4 Å². The van der Waals surface area contributed by atoms with Crippen LogP contribution in [0, 0.1) is 0 Å². The Kier molecular flexibility index (Phi) is 7.17. The Balaban J connectivity index is 1.70. The molecule has 1 aromatic heterocycles. The van der Waals surface area contributed by atoms with Gasteiger partial charge in [0.25, 0.3) is 5.91 Å². The van der Waals surface area contributed by atoms with Crippen LogP contribution in [0.15, 0.2) is 42.7 Å². The predicted octanol–water partition coefficient (Wildman–Crippen LogP) is 1.81. The van der Waals surface area contributed by atoms with Crippen LogP contribution in [-0.2, 0) is 6.42 Å². The average molecular weight is 327 g/mol. The van der Waals surface area contributed by atoms with Crippen LogP contribution < -0.4 is 10.6 Å². The number of carbonyl (C=O) groups is 1. The lowest BCUT2D eigenvalue weighted by molar-refractivity contribution is 0.0948. The minimum Gasteiger partial charge on any atom is -0.368 e. The molecule has 0 aliphatic rings. The molecule has 1 aromatic carbocycles. The molecule has 6 nitrogen and oxygen atoms in total. The highest BCUT2D eigenvalue weighted by molar-refractivity contribution is 5.91. The maximum Gasteiger partial charge on any atom is 0.271 e. The van der Waals surface area contributed by atoms with Gasteiger partial charge in [-0.05, 0) is 32.5 Å². The fourth-order valence-electron chi connectivity index (χ4n) is 2.17. The summed E-state index contributed by atoms with van der Waals surface area (Å²) in [5.74, 6) is 0.493. The number of rotatable bonds is 9. The number of benzene rings is 1. The van der Waals surface area contributed by atoms with E-state index in [1.807, 2.05) is 32.3 Å². The zero-order chi connectivity index (χ0) is 17.2. The van der Waals surface area contributed by atoms with E-state index in [9.17, 15) is 4.79 Å². The molecule has 6 heteroatoms. The molecule has 0 saturated carbocycles. The normalized spacial score (nSPS) is 10.6. The van der Waals surface area contributed by atoms with Gasteiger partial charge in [-0.1, -0.05) is 30.3 Å². The van der Waals surface area contributed by atoms with Gasteiger partial charge in [-0.15, -0.1) is 0 Å². The number of hydrogen-bond acceptors (Lipinski definition) is 5. The summed E-state index contributed by atoms with van der Waals surface area (Å²) >= 11 is 0. The number of nitrogens with zero attached hydrogens (tertiary/aromatic N) is 3. The van der Waals surface area contributed by atoms with E-state index in [1.54, 1.807) is 6.20 Å². The van der Waals surface area contributed by atoms with Crippen LogP contribution in [0.3, 0.4) is 0 Å². The summed E-state index contributed by atoms with van der Waals surface area (Å²) in [5.41, 5.74) is 1.62. The molecule has 0 fully saturated rings. The molecule has 2 N–H and O–H groups in total. The van der Waals surface area contributed by atoms with Crippen molar-refractivity contribution < 1.29 is 4.79 Å². The van der Waals surface area contributed by atoms with E-state index in [0.29, 0.717) is 18.1 Å². The number of amides is 1. The van der Waals surface area contributed by atoms with Crippen LogP contribution >= 0.6 is 0 Å². The van der Waals surface area contributed by atoms with Crippen LogP contribution in [0.5, 0.6) is 0 Å². The number of anilines is 1. The zero-order valence-corrected chi connectivity index (χ0v) is 14.3. The molecule has 1 amide bonds. The van der Waals surface area contributed by atoms with E-state index in [-0.39, 0.29) is 5.91 Å². The Morgan fingerprint density at radius 1 is 1.08 bits per heavy atom. The number of likely N-dealkylation sites (N-methyl/N-ethyl adjacent to an activating group) is 1. The smallest absolute Gasteiger partial charge is 0.271 e. The molecule has 24 heavy (non-hydrogen) atoms. The fraction of sp³-hybridized carbons (Fsp3) is 0.389. The summed E-state index contributed by atoms with van der Waals surface area (Å²) < 4.78 is 0. The van der Waals surface area contributed by atoms with Gasteiger partial charge in [0.15, 0.2) is 0 Å². The van der Waals surface area contributed by atoms with E-state index in [2.05, 4.69) is 37.6 Å². The van der Waals surface area contributed by atoms with Crippen molar-refractivity contribution in [3.8, 4) is 0 Å². The van der Waals surface area contributed by atoms with Crippen molar-refractivity contribution in [2.75, 3.05) is 39.0 Å². The quantitative estimate of drug-likeness (QED) is 0.688. The van der Waals surface area contributed by atoms with Gasteiger partial charge in [0.2, 0.25) is 0 Å². The first kappa shape index (κ1) is 17.9. The zero-order valence-electron chi connectivity index (χ0n) is 14.3. The second-order valence-corrected chi connectivity index (χ2v) is 5.86. The molecular formula is C18H25N5O. The molecular weight excluding hydrogens is 302 g/mol. The van der Waals surface area contributed by atoms with Gasteiger partial charge in [-0.3, -0.25) is 4.79 Å². The fourth-order valence-corrected chi connectivity index (χ4v) is 2.17. The highest BCUT2D eigenvalue weighted by Crippen LogP contribution is 2.03. The molecule has 0 aliphatic heterocycles. The van der Waals surface area contributed by atoms with Crippen molar-refractivity contribution in [1.29, 1.82) is 0 Å². The van der Waals surface area contributed by atoms with Crippen LogP contribution in [0.2, 0.25) is 0 Å². The molecule has 128 valence electrons. The molecule has 0 radical (unpaired) electrons. The van der Waals surface area contributed by atoms with Gasteiger partial charge in [-0.2, -0.15) is 0 Å². The second-order valence-electron chi connectivity index (χ2n) is 5.86. The molecule has 0 aliphatic carbocycles. The lowest BCUT2D eigenvalue weighted by atomic mass is 10.1. The van der Waals surface area contributed by atoms with E-state index >= 15 is 0 Å². The SMILES string of the molecule is CN(C)CCNc1cnc(C(=O)NCCCc2ccccc2)cn1. The van der Waals surface area contributed by atoms with Gasteiger partial charge in [0.1, 0.15) is 11.5 Å². The lowest BCUT2D eigenvalue weighted by Gasteiger charge is -2.10.